The SMILES string of the molecule is Cc1ccc(S(=O)(=O)N(CC(=O)N(Cc2ccccc2F)C(Cc2ccccc2)C(=O)NC2CCCC2)c2ccc(C)c(C)c2)cc1. The zero-order valence-electron chi connectivity index (χ0n) is 27.2. The standard InChI is InChI=1S/C38H42FN3O4S/c1-27-17-21-34(22-18-27)47(45,46)42(33-20-19-28(2)29(3)23-33)26-37(43)41(25-31-13-7-10-16-35(31)39)36(24-30-11-5-4-6-12-30)38(44)40-32-14-8-9-15-32/h4-7,10-13,16-23,32,36H,8-9,14-15,24-26H2,1-3H3,(H,40,44). The number of sulfonamides is 1. The maximum absolute atomic E-state index is 15.1. The number of benzene rings is 4. The molecular weight excluding hydrogens is 614 g/mol. The van der Waals surface area contributed by atoms with Crippen molar-refractivity contribution in [3.63, 3.8) is 0 Å². The summed E-state index contributed by atoms with van der Waals surface area (Å²) in [6.45, 7) is 4.87. The first-order chi connectivity index (χ1) is 22.5. The van der Waals surface area contributed by atoms with E-state index in [0.29, 0.717) is 5.69 Å². The first-order valence-electron chi connectivity index (χ1n) is 16.1. The van der Waals surface area contributed by atoms with Crippen molar-refractivity contribution in [2.24, 2.45) is 0 Å². The smallest absolute Gasteiger partial charge is 0.264 e. The van der Waals surface area contributed by atoms with Gasteiger partial charge < -0.3 is 10.2 Å². The van der Waals surface area contributed by atoms with Crippen molar-refractivity contribution in [2.45, 2.75) is 76.4 Å². The quantitative estimate of drug-likeness (QED) is 0.185. The molecule has 5 rings (SSSR count). The van der Waals surface area contributed by atoms with E-state index in [4.69, 9.17) is 0 Å². The number of halogens is 1. The van der Waals surface area contributed by atoms with Crippen LogP contribution in [0, 0.1) is 26.6 Å². The summed E-state index contributed by atoms with van der Waals surface area (Å²) in [6, 6.07) is 26.1. The van der Waals surface area contributed by atoms with Crippen LogP contribution in [0.3, 0.4) is 0 Å². The summed E-state index contributed by atoms with van der Waals surface area (Å²) in [6.07, 6.45) is 3.89. The minimum atomic E-state index is -4.22. The Balaban J connectivity index is 1.58. The molecule has 0 saturated heterocycles. The van der Waals surface area contributed by atoms with E-state index in [0.717, 1.165) is 52.2 Å². The molecule has 9 heteroatoms. The van der Waals surface area contributed by atoms with Crippen molar-refractivity contribution >= 4 is 27.5 Å². The zero-order valence-corrected chi connectivity index (χ0v) is 28.0. The minimum Gasteiger partial charge on any atom is -0.352 e. The first kappa shape index (κ1) is 33.9. The van der Waals surface area contributed by atoms with Crippen LogP contribution in [0.25, 0.3) is 0 Å². The maximum Gasteiger partial charge on any atom is 0.264 e. The van der Waals surface area contributed by atoms with Crippen molar-refractivity contribution in [1.29, 1.82) is 0 Å². The van der Waals surface area contributed by atoms with Gasteiger partial charge in [-0.3, -0.25) is 13.9 Å². The third-order valence-corrected chi connectivity index (χ3v) is 10.7. The van der Waals surface area contributed by atoms with Gasteiger partial charge in [0.05, 0.1) is 10.6 Å². The van der Waals surface area contributed by atoms with Crippen LogP contribution in [0.2, 0.25) is 0 Å². The number of aryl methyl sites for hydroxylation is 3. The molecule has 1 aliphatic carbocycles. The molecule has 2 amide bonds. The van der Waals surface area contributed by atoms with Gasteiger partial charge in [-0.25, -0.2) is 12.8 Å². The van der Waals surface area contributed by atoms with E-state index >= 15 is 4.39 Å². The van der Waals surface area contributed by atoms with Gasteiger partial charge in [0.2, 0.25) is 11.8 Å². The number of carbonyl (C=O) groups excluding carboxylic acids is 2. The van der Waals surface area contributed by atoms with E-state index in [1.807, 2.05) is 57.2 Å². The van der Waals surface area contributed by atoms with Crippen molar-refractivity contribution < 1.29 is 22.4 Å². The molecule has 1 unspecified atom stereocenters. The number of rotatable bonds is 12. The van der Waals surface area contributed by atoms with Crippen molar-refractivity contribution in [3.8, 4) is 0 Å². The van der Waals surface area contributed by atoms with Crippen LogP contribution in [-0.4, -0.2) is 43.8 Å². The highest BCUT2D eigenvalue weighted by atomic mass is 32.2. The Bertz CT molecular complexity index is 1810. The Hall–Kier alpha value is -4.50. The number of hydrogen-bond acceptors (Lipinski definition) is 4. The molecule has 0 aromatic heterocycles. The highest BCUT2D eigenvalue weighted by Crippen LogP contribution is 2.28. The van der Waals surface area contributed by atoms with E-state index < -0.39 is 34.3 Å². The molecule has 4 aromatic carbocycles. The second-order valence-electron chi connectivity index (χ2n) is 12.4. The van der Waals surface area contributed by atoms with E-state index in [1.165, 1.54) is 23.1 Å². The molecule has 7 nitrogen and oxygen atoms in total. The molecule has 246 valence electrons. The average molecular weight is 656 g/mol. The summed E-state index contributed by atoms with van der Waals surface area (Å²) in [4.78, 5) is 30.1. The van der Waals surface area contributed by atoms with Gasteiger partial charge in [-0.1, -0.05) is 85.1 Å². The molecule has 47 heavy (non-hydrogen) atoms. The molecule has 1 N–H and O–H groups in total. The average Bonchev–Trinajstić information content (AvgIpc) is 3.57. The topological polar surface area (TPSA) is 86.8 Å². The molecule has 1 saturated carbocycles. The molecule has 1 aliphatic rings. The lowest BCUT2D eigenvalue weighted by atomic mass is 10.0. The van der Waals surface area contributed by atoms with E-state index in [1.54, 1.807) is 42.5 Å². The Morgan fingerprint density at radius 2 is 1.51 bits per heavy atom. The van der Waals surface area contributed by atoms with Gasteiger partial charge >= 0.3 is 0 Å². The Kier molecular flexibility index (Phi) is 10.8. The largest absolute Gasteiger partial charge is 0.352 e. The minimum absolute atomic E-state index is 0.0138. The molecule has 0 bridgehead atoms. The fraction of sp³-hybridized carbons (Fsp3) is 0.316. The fourth-order valence-corrected chi connectivity index (χ4v) is 7.38. The number of nitrogens with zero attached hydrogens (tertiary/aromatic N) is 2. The predicted octanol–water partition coefficient (Wildman–Crippen LogP) is 6.65. The summed E-state index contributed by atoms with van der Waals surface area (Å²) >= 11 is 0. The molecule has 0 spiro atoms. The van der Waals surface area contributed by atoms with Gasteiger partial charge in [-0.15, -0.1) is 0 Å². The molecule has 4 aromatic rings. The van der Waals surface area contributed by atoms with Crippen molar-refractivity contribution in [1.82, 2.24) is 10.2 Å². The highest BCUT2D eigenvalue weighted by Gasteiger charge is 2.36. The highest BCUT2D eigenvalue weighted by molar-refractivity contribution is 7.92. The second-order valence-corrected chi connectivity index (χ2v) is 14.3. The zero-order chi connectivity index (χ0) is 33.6. The molecule has 0 aliphatic heterocycles. The van der Waals surface area contributed by atoms with E-state index in [9.17, 15) is 18.0 Å². The van der Waals surface area contributed by atoms with Crippen LogP contribution in [0.5, 0.6) is 0 Å². The summed E-state index contributed by atoms with van der Waals surface area (Å²) in [5.74, 6) is -1.48. The lowest BCUT2D eigenvalue weighted by Gasteiger charge is -2.34. The monoisotopic (exact) mass is 655 g/mol. The number of amides is 2. The number of carbonyl (C=O) groups is 2. The van der Waals surface area contributed by atoms with Crippen LogP contribution >= 0.6 is 0 Å². The first-order valence-corrected chi connectivity index (χ1v) is 17.5. The van der Waals surface area contributed by atoms with Crippen LogP contribution < -0.4 is 9.62 Å². The molecule has 1 fully saturated rings. The summed E-state index contributed by atoms with van der Waals surface area (Å²) in [5.41, 5.74) is 4.10. The Labute approximate surface area is 277 Å². The lowest BCUT2D eigenvalue weighted by molar-refractivity contribution is -0.140. The Morgan fingerprint density at radius 1 is 0.851 bits per heavy atom. The molecule has 1 atom stereocenters. The lowest BCUT2D eigenvalue weighted by Crippen LogP contribution is -2.54. The maximum atomic E-state index is 15.1. The van der Waals surface area contributed by atoms with Gasteiger partial charge in [0.25, 0.3) is 10.0 Å². The van der Waals surface area contributed by atoms with Gasteiger partial charge in [-0.2, -0.15) is 0 Å². The van der Waals surface area contributed by atoms with Gasteiger partial charge in [0, 0.05) is 24.6 Å². The van der Waals surface area contributed by atoms with Crippen LogP contribution in [0.4, 0.5) is 10.1 Å². The fourth-order valence-electron chi connectivity index (χ4n) is 5.98. The number of anilines is 1. The van der Waals surface area contributed by atoms with Gasteiger partial charge in [0.1, 0.15) is 18.4 Å². The van der Waals surface area contributed by atoms with Crippen LogP contribution in [0.1, 0.15) is 53.5 Å². The summed E-state index contributed by atoms with van der Waals surface area (Å²) < 4.78 is 44.7. The van der Waals surface area contributed by atoms with Crippen LogP contribution in [0.15, 0.2) is 102 Å². The predicted molar refractivity (Wildman–Crippen MR) is 183 cm³/mol. The molecule has 0 radical (unpaired) electrons. The van der Waals surface area contributed by atoms with Gasteiger partial charge in [-0.05, 0) is 80.6 Å². The third kappa shape index (κ3) is 8.27. The normalized spacial score (nSPS) is 14.0. The van der Waals surface area contributed by atoms with Crippen molar-refractivity contribution in [2.75, 3.05) is 10.8 Å². The van der Waals surface area contributed by atoms with Crippen molar-refractivity contribution in [3.05, 3.63) is 131 Å². The number of nitrogens with one attached hydrogen (secondary N) is 1. The van der Waals surface area contributed by atoms with Crippen LogP contribution in [-0.2, 0) is 32.6 Å². The Morgan fingerprint density at radius 3 is 2.17 bits per heavy atom. The van der Waals surface area contributed by atoms with E-state index in [-0.39, 0.29) is 35.4 Å². The van der Waals surface area contributed by atoms with Gasteiger partial charge in [0.15, 0.2) is 0 Å². The summed E-state index contributed by atoms with van der Waals surface area (Å²) in [5, 5.41) is 3.14. The van der Waals surface area contributed by atoms with E-state index in [2.05, 4.69) is 5.32 Å². The summed E-state index contributed by atoms with van der Waals surface area (Å²) in [7, 11) is -4.22. The third-order valence-electron chi connectivity index (χ3n) is 8.94. The second kappa shape index (κ2) is 14.9. The number of hydrogen-bond donors (Lipinski definition) is 1. The molecule has 0 heterocycles. The molecular formula is C38H42FN3O4S.